The molecule has 0 radical (unpaired) electrons. The summed E-state index contributed by atoms with van der Waals surface area (Å²) < 4.78 is 0. The molecule has 2 N–H and O–H groups in total. The summed E-state index contributed by atoms with van der Waals surface area (Å²) in [5.41, 5.74) is 0. The van der Waals surface area contributed by atoms with Crippen LogP contribution in [0, 0.1) is 5.92 Å². The minimum absolute atomic E-state index is 0.262. The highest BCUT2D eigenvalue weighted by molar-refractivity contribution is 7.99. The van der Waals surface area contributed by atoms with Gasteiger partial charge in [0.25, 0.3) is 0 Å². The zero-order valence-electron chi connectivity index (χ0n) is 10.00. The van der Waals surface area contributed by atoms with E-state index in [0.29, 0.717) is 23.6 Å². The van der Waals surface area contributed by atoms with E-state index >= 15 is 0 Å². The number of hydrogen-bond acceptors (Lipinski definition) is 3. The number of carbonyl (C=O) groups excluding carboxylic acids is 1. The van der Waals surface area contributed by atoms with Crippen LogP contribution in [-0.4, -0.2) is 36.5 Å². The summed E-state index contributed by atoms with van der Waals surface area (Å²) in [6.07, 6.45) is 7.89. The number of rotatable bonds is 4. The maximum absolute atomic E-state index is 11.8. The fourth-order valence-corrected chi connectivity index (χ4v) is 3.50. The van der Waals surface area contributed by atoms with Crippen molar-refractivity contribution in [1.29, 1.82) is 0 Å². The third kappa shape index (κ3) is 3.14. The molecule has 16 heavy (non-hydrogen) atoms. The SMILES string of the molecule is CSC1CCCCC1NC(=O)CC1CNC1. The van der Waals surface area contributed by atoms with E-state index in [4.69, 9.17) is 0 Å². The van der Waals surface area contributed by atoms with Crippen LogP contribution in [0.2, 0.25) is 0 Å². The van der Waals surface area contributed by atoms with E-state index in [1.807, 2.05) is 11.8 Å². The predicted octanol–water partition coefficient (Wildman–Crippen LogP) is 1.39. The van der Waals surface area contributed by atoms with Crippen molar-refractivity contribution >= 4 is 17.7 Å². The molecule has 2 atom stereocenters. The Labute approximate surface area is 102 Å². The lowest BCUT2D eigenvalue weighted by molar-refractivity contribution is -0.123. The van der Waals surface area contributed by atoms with E-state index in [2.05, 4.69) is 16.9 Å². The van der Waals surface area contributed by atoms with Crippen molar-refractivity contribution in [3.8, 4) is 0 Å². The molecular formula is C12H22N2OS. The van der Waals surface area contributed by atoms with Crippen molar-refractivity contribution in [2.24, 2.45) is 5.92 Å². The van der Waals surface area contributed by atoms with Crippen LogP contribution >= 0.6 is 11.8 Å². The van der Waals surface area contributed by atoms with Crippen molar-refractivity contribution in [3.05, 3.63) is 0 Å². The third-order valence-corrected chi connectivity index (χ3v) is 4.86. The Morgan fingerprint density at radius 1 is 1.38 bits per heavy atom. The first-order valence-corrected chi connectivity index (χ1v) is 7.61. The normalized spacial score (nSPS) is 30.8. The standard InChI is InChI=1S/C12H22N2OS/c1-16-11-5-3-2-4-10(11)14-12(15)6-9-7-13-8-9/h9-11,13H,2-8H2,1H3,(H,14,15). The van der Waals surface area contributed by atoms with Gasteiger partial charge in [-0.05, 0) is 38.1 Å². The Hall–Kier alpha value is -0.220. The molecule has 1 heterocycles. The van der Waals surface area contributed by atoms with Crippen LogP contribution in [0.3, 0.4) is 0 Å². The second-order valence-corrected chi connectivity index (χ2v) is 6.04. The fraction of sp³-hybridized carbons (Fsp3) is 0.917. The van der Waals surface area contributed by atoms with Crippen LogP contribution in [0.25, 0.3) is 0 Å². The van der Waals surface area contributed by atoms with Crippen LogP contribution in [0.5, 0.6) is 0 Å². The van der Waals surface area contributed by atoms with E-state index in [1.165, 1.54) is 25.7 Å². The van der Waals surface area contributed by atoms with Crippen molar-refractivity contribution in [1.82, 2.24) is 10.6 Å². The van der Waals surface area contributed by atoms with E-state index in [1.54, 1.807) is 0 Å². The molecule has 0 spiro atoms. The fourth-order valence-electron chi connectivity index (χ4n) is 2.56. The minimum Gasteiger partial charge on any atom is -0.352 e. The van der Waals surface area contributed by atoms with Crippen LogP contribution in [0.1, 0.15) is 32.1 Å². The van der Waals surface area contributed by atoms with Gasteiger partial charge >= 0.3 is 0 Å². The Kier molecular flexibility index (Phi) is 4.53. The molecule has 1 aliphatic heterocycles. The lowest BCUT2D eigenvalue weighted by Crippen LogP contribution is -2.48. The highest BCUT2D eigenvalue weighted by Crippen LogP contribution is 2.27. The molecule has 2 fully saturated rings. The molecule has 92 valence electrons. The Morgan fingerprint density at radius 3 is 2.75 bits per heavy atom. The van der Waals surface area contributed by atoms with Gasteiger partial charge in [-0.15, -0.1) is 0 Å². The highest BCUT2D eigenvalue weighted by atomic mass is 32.2. The summed E-state index contributed by atoms with van der Waals surface area (Å²) in [7, 11) is 0. The number of carbonyl (C=O) groups is 1. The zero-order chi connectivity index (χ0) is 11.4. The molecule has 1 aliphatic carbocycles. The van der Waals surface area contributed by atoms with Gasteiger partial charge in [0.1, 0.15) is 0 Å². The summed E-state index contributed by atoms with van der Waals surface area (Å²) in [5.74, 6) is 0.841. The second-order valence-electron chi connectivity index (χ2n) is 4.96. The molecule has 0 aromatic carbocycles. The maximum atomic E-state index is 11.8. The Morgan fingerprint density at radius 2 is 2.12 bits per heavy atom. The van der Waals surface area contributed by atoms with E-state index in [-0.39, 0.29) is 5.91 Å². The monoisotopic (exact) mass is 242 g/mol. The molecule has 0 aromatic rings. The number of thioether (sulfide) groups is 1. The van der Waals surface area contributed by atoms with Gasteiger partial charge in [-0.2, -0.15) is 11.8 Å². The average molecular weight is 242 g/mol. The molecular weight excluding hydrogens is 220 g/mol. The van der Waals surface area contributed by atoms with Crippen molar-refractivity contribution in [2.45, 2.75) is 43.4 Å². The number of nitrogens with one attached hydrogen (secondary N) is 2. The molecule has 1 amide bonds. The first kappa shape index (κ1) is 12.2. The van der Waals surface area contributed by atoms with E-state index < -0.39 is 0 Å². The van der Waals surface area contributed by atoms with Gasteiger partial charge in [-0.1, -0.05) is 12.8 Å². The van der Waals surface area contributed by atoms with Gasteiger partial charge in [-0.3, -0.25) is 4.79 Å². The summed E-state index contributed by atoms with van der Waals surface area (Å²) in [4.78, 5) is 11.8. The second kappa shape index (κ2) is 5.92. The van der Waals surface area contributed by atoms with Crippen molar-refractivity contribution in [2.75, 3.05) is 19.3 Å². The molecule has 2 aliphatic rings. The minimum atomic E-state index is 0.262. The lowest BCUT2D eigenvalue weighted by Gasteiger charge is -2.32. The van der Waals surface area contributed by atoms with Gasteiger partial charge < -0.3 is 10.6 Å². The van der Waals surface area contributed by atoms with Crippen LogP contribution in [0.15, 0.2) is 0 Å². The lowest BCUT2D eigenvalue weighted by atomic mass is 9.93. The topological polar surface area (TPSA) is 41.1 Å². The highest BCUT2D eigenvalue weighted by Gasteiger charge is 2.27. The van der Waals surface area contributed by atoms with E-state index in [9.17, 15) is 4.79 Å². The van der Waals surface area contributed by atoms with Gasteiger partial charge in [0.05, 0.1) is 0 Å². The first-order valence-electron chi connectivity index (χ1n) is 6.32. The molecule has 4 heteroatoms. The van der Waals surface area contributed by atoms with Crippen molar-refractivity contribution in [3.63, 3.8) is 0 Å². The predicted molar refractivity (Wildman–Crippen MR) is 68.7 cm³/mol. The Balaban J connectivity index is 1.75. The summed E-state index contributed by atoms with van der Waals surface area (Å²) in [6, 6.07) is 0.421. The summed E-state index contributed by atoms with van der Waals surface area (Å²) in [5, 5.41) is 7.07. The smallest absolute Gasteiger partial charge is 0.220 e. The van der Waals surface area contributed by atoms with E-state index in [0.717, 1.165) is 13.1 Å². The Bertz CT molecular complexity index is 243. The van der Waals surface area contributed by atoms with Crippen LogP contribution < -0.4 is 10.6 Å². The average Bonchev–Trinajstić information content (AvgIpc) is 2.24. The summed E-state index contributed by atoms with van der Waals surface area (Å²) in [6.45, 7) is 2.04. The quantitative estimate of drug-likeness (QED) is 0.783. The van der Waals surface area contributed by atoms with Gasteiger partial charge in [0.2, 0.25) is 5.91 Å². The maximum Gasteiger partial charge on any atom is 0.220 e. The zero-order valence-corrected chi connectivity index (χ0v) is 10.8. The molecule has 1 saturated heterocycles. The third-order valence-electron chi connectivity index (χ3n) is 3.69. The molecule has 2 unspecified atom stereocenters. The van der Waals surface area contributed by atoms with Gasteiger partial charge in [-0.25, -0.2) is 0 Å². The largest absolute Gasteiger partial charge is 0.352 e. The number of amides is 1. The van der Waals surface area contributed by atoms with Crippen LogP contribution in [0.4, 0.5) is 0 Å². The molecule has 2 rings (SSSR count). The molecule has 3 nitrogen and oxygen atoms in total. The van der Waals surface area contributed by atoms with Gasteiger partial charge in [0, 0.05) is 17.7 Å². The van der Waals surface area contributed by atoms with Crippen LogP contribution in [-0.2, 0) is 4.79 Å². The van der Waals surface area contributed by atoms with Crippen molar-refractivity contribution < 1.29 is 4.79 Å². The van der Waals surface area contributed by atoms with Gasteiger partial charge in [0.15, 0.2) is 0 Å². The molecule has 0 bridgehead atoms. The molecule has 0 aromatic heterocycles. The first-order chi connectivity index (χ1) is 7.79. The summed E-state index contributed by atoms with van der Waals surface area (Å²) >= 11 is 1.91. The molecule has 1 saturated carbocycles. The number of hydrogen-bond donors (Lipinski definition) is 2.